The minimum absolute atomic E-state index is 0.0292. The number of hydrogen-bond acceptors (Lipinski definition) is 9. The lowest BCUT2D eigenvalue weighted by Gasteiger charge is -2.33. The standard InChI is InChI=1S/C26H23F3N4O6/c27-26(28,29)20-21(16-5-2-1-3-6-16)31-38-22(20)24-30-23(32-39-24)17-10-8-15(9-11-17)19(34)14-33-12-4-7-18(13-33)37-25(35)36/h1-3,5-6,8-11,18-19,34H,4,7,12-14H2,(H,35,36)/t18-,19+/m0/s1. The first-order valence-electron chi connectivity index (χ1n) is 12.1. The van der Waals surface area contributed by atoms with Crippen LogP contribution in [0.2, 0.25) is 0 Å². The van der Waals surface area contributed by atoms with Crippen molar-refractivity contribution in [2.75, 3.05) is 19.6 Å². The maximum Gasteiger partial charge on any atom is 0.506 e. The fourth-order valence-corrected chi connectivity index (χ4v) is 4.55. The third-order valence-corrected chi connectivity index (χ3v) is 6.36. The lowest BCUT2D eigenvalue weighted by molar-refractivity contribution is -0.137. The molecule has 0 spiro atoms. The SMILES string of the molecule is O=C(O)O[C@H]1CCCN(C[C@@H](O)c2ccc(-c3noc(-c4onc(-c5ccccc5)c4C(F)(F)F)n3)cc2)C1. The number of ether oxygens (including phenoxy) is 1. The molecule has 13 heteroatoms. The molecule has 0 aliphatic carbocycles. The molecule has 1 fully saturated rings. The van der Waals surface area contributed by atoms with Crippen LogP contribution in [0.4, 0.5) is 18.0 Å². The van der Waals surface area contributed by atoms with Crippen LogP contribution in [0.1, 0.15) is 30.1 Å². The summed E-state index contributed by atoms with van der Waals surface area (Å²) in [6.45, 7) is 1.37. The molecule has 0 bridgehead atoms. The Labute approximate surface area is 219 Å². The van der Waals surface area contributed by atoms with Crippen LogP contribution in [0.5, 0.6) is 0 Å². The van der Waals surface area contributed by atoms with E-state index >= 15 is 0 Å². The summed E-state index contributed by atoms with van der Waals surface area (Å²) in [4.78, 5) is 16.8. The summed E-state index contributed by atoms with van der Waals surface area (Å²) >= 11 is 0. The lowest BCUT2D eigenvalue weighted by Crippen LogP contribution is -2.42. The van der Waals surface area contributed by atoms with Gasteiger partial charge in [-0.1, -0.05) is 64.9 Å². The molecular formula is C26H23F3N4O6. The van der Waals surface area contributed by atoms with Gasteiger partial charge in [0.25, 0.3) is 5.89 Å². The Bertz CT molecular complexity index is 1420. The molecule has 0 amide bonds. The fourth-order valence-electron chi connectivity index (χ4n) is 4.55. The van der Waals surface area contributed by atoms with Crippen LogP contribution in [-0.2, 0) is 10.9 Å². The van der Waals surface area contributed by atoms with E-state index in [1.807, 2.05) is 4.90 Å². The zero-order valence-electron chi connectivity index (χ0n) is 20.3. The van der Waals surface area contributed by atoms with E-state index in [1.165, 1.54) is 12.1 Å². The van der Waals surface area contributed by atoms with Gasteiger partial charge in [-0.15, -0.1) is 0 Å². The normalized spacial score (nSPS) is 17.2. The number of halogens is 3. The van der Waals surface area contributed by atoms with Crippen LogP contribution in [-0.4, -0.2) is 62.3 Å². The van der Waals surface area contributed by atoms with E-state index in [4.69, 9.17) is 18.9 Å². The average Bonchev–Trinajstić information content (AvgIpc) is 3.57. The number of aliphatic hydroxyl groups excluding tert-OH is 1. The number of carboxylic acid groups (broad SMARTS) is 1. The van der Waals surface area contributed by atoms with Crippen LogP contribution in [0.25, 0.3) is 34.3 Å². The molecule has 1 aliphatic rings. The van der Waals surface area contributed by atoms with Gasteiger partial charge in [-0.2, -0.15) is 18.2 Å². The molecule has 39 heavy (non-hydrogen) atoms. The van der Waals surface area contributed by atoms with Crippen molar-refractivity contribution in [3.8, 4) is 34.3 Å². The van der Waals surface area contributed by atoms with Gasteiger partial charge in [0.05, 0.1) is 6.10 Å². The third-order valence-electron chi connectivity index (χ3n) is 6.36. The second-order valence-corrected chi connectivity index (χ2v) is 9.07. The van der Waals surface area contributed by atoms with Crippen molar-refractivity contribution in [3.05, 3.63) is 65.7 Å². The molecule has 0 radical (unpaired) electrons. The quantitative estimate of drug-likeness (QED) is 0.296. The highest BCUT2D eigenvalue weighted by Crippen LogP contribution is 2.43. The lowest BCUT2D eigenvalue weighted by atomic mass is 10.0. The van der Waals surface area contributed by atoms with Gasteiger partial charge in [0.1, 0.15) is 17.4 Å². The number of aliphatic hydroxyl groups is 1. The van der Waals surface area contributed by atoms with Crippen LogP contribution in [0.15, 0.2) is 63.6 Å². The van der Waals surface area contributed by atoms with Gasteiger partial charge in [-0.3, -0.25) is 4.90 Å². The number of nitrogens with zero attached hydrogens (tertiary/aromatic N) is 4. The molecule has 3 heterocycles. The van der Waals surface area contributed by atoms with Crippen molar-refractivity contribution in [2.24, 2.45) is 0 Å². The summed E-state index contributed by atoms with van der Waals surface area (Å²) in [5.41, 5.74) is -0.235. The van der Waals surface area contributed by atoms with Crippen molar-refractivity contribution in [1.82, 2.24) is 20.2 Å². The van der Waals surface area contributed by atoms with Gasteiger partial charge >= 0.3 is 12.3 Å². The first-order chi connectivity index (χ1) is 18.7. The zero-order valence-corrected chi connectivity index (χ0v) is 20.3. The topological polar surface area (TPSA) is 135 Å². The molecule has 2 atom stereocenters. The van der Waals surface area contributed by atoms with E-state index in [1.54, 1.807) is 42.5 Å². The second kappa shape index (κ2) is 10.9. The van der Waals surface area contributed by atoms with Crippen LogP contribution < -0.4 is 0 Å². The van der Waals surface area contributed by atoms with E-state index in [0.29, 0.717) is 30.6 Å². The summed E-state index contributed by atoms with van der Waals surface area (Å²) in [5, 5.41) is 26.9. The number of rotatable bonds is 7. The van der Waals surface area contributed by atoms with Crippen LogP contribution in [0, 0.1) is 0 Å². The number of aromatic nitrogens is 3. The maximum absolute atomic E-state index is 14.0. The Morgan fingerprint density at radius 3 is 2.51 bits per heavy atom. The second-order valence-electron chi connectivity index (χ2n) is 9.07. The Hall–Kier alpha value is -4.23. The molecule has 0 saturated carbocycles. The molecule has 0 unspecified atom stereocenters. The van der Waals surface area contributed by atoms with E-state index in [0.717, 1.165) is 6.42 Å². The van der Waals surface area contributed by atoms with E-state index in [9.17, 15) is 23.1 Å². The van der Waals surface area contributed by atoms with Crippen molar-refractivity contribution in [1.29, 1.82) is 0 Å². The Balaban J connectivity index is 1.31. The van der Waals surface area contributed by atoms with Crippen molar-refractivity contribution in [2.45, 2.75) is 31.2 Å². The summed E-state index contributed by atoms with van der Waals surface area (Å²) in [6.07, 6.45) is -6.03. The zero-order chi connectivity index (χ0) is 27.6. The number of carbonyl (C=O) groups is 1. The molecule has 10 nitrogen and oxygen atoms in total. The summed E-state index contributed by atoms with van der Waals surface area (Å²) < 4.78 is 56.8. The first-order valence-corrected chi connectivity index (χ1v) is 12.1. The number of hydrogen-bond donors (Lipinski definition) is 2. The van der Waals surface area contributed by atoms with Crippen LogP contribution >= 0.6 is 0 Å². The molecule has 4 aromatic rings. The molecule has 5 rings (SSSR count). The molecule has 1 aliphatic heterocycles. The summed E-state index contributed by atoms with van der Waals surface area (Å²) in [5.74, 6) is -1.13. The minimum atomic E-state index is -4.79. The van der Waals surface area contributed by atoms with Gasteiger partial charge in [0, 0.05) is 24.2 Å². The molecule has 1 saturated heterocycles. The monoisotopic (exact) mass is 544 g/mol. The minimum Gasteiger partial charge on any atom is -0.450 e. The van der Waals surface area contributed by atoms with Gasteiger partial charge in [0.15, 0.2) is 0 Å². The third kappa shape index (κ3) is 5.94. The van der Waals surface area contributed by atoms with E-state index in [2.05, 4.69) is 15.3 Å². The molecular weight excluding hydrogens is 521 g/mol. The van der Waals surface area contributed by atoms with Crippen LogP contribution in [0.3, 0.4) is 0 Å². The number of piperidine rings is 1. The molecule has 2 aromatic heterocycles. The maximum atomic E-state index is 14.0. The first kappa shape index (κ1) is 26.4. The summed E-state index contributed by atoms with van der Waals surface area (Å²) in [6, 6.07) is 14.3. The van der Waals surface area contributed by atoms with Crippen molar-refractivity contribution >= 4 is 6.16 Å². The number of likely N-dealkylation sites (tertiary alicyclic amines) is 1. The van der Waals surface area contributed by atoms with Crippen molar-refractivity contribution in [3.63, 3.8) is 0 Å². The highest BCUT2D eigenvalue weighted by atomic mass is 19.4. The Morgan fingerprint density at radius 2 is 1.82 bits per heavy atom. The molecule has 2 N–H and O–H groups in total. The van der Waals surface area contributed by atoms with E-state index in [-0.39, 0.29) is 23.6 Å². The van der Waals surface area contributed by atoms with Gasteiger partial charge in [0.2, 0.25) is 11.6 Å². The van der Waals surface area contributed by atoms with E-state index < -0.39 is 41.8 Å². The Morgan fingerprint density at radius 1 is 1.08 bits per heavy atom. The van der Waals surface area contributed by atoms with Gasteiger partial charge in [-0.25, -0.2) is 4.79 Å². The number of alkyl halides is 3. The highest BCUT2D eigenvalue weighted by Gasteiger charge is 2.43. The largest absolute Gasteiger partial charge is 0.506 e. The predicted molar refractivity (Wildman–Crippen MR) is 129 cm³/mol. The van der Waals surface area contributed by atoms with Gasteiger partial charge in [-0.05, 0) is 24.9 Å². The number of β-amino-alcohol motifs (C(OH)–C–C–N with tert-alkyl or cyclic N) is 1. The van der Waals surface area contributed by atoms with Gasteiger partial charge < -0.3 is 24.0 Å². The molecule has 2 aromatic carbocycles. The highest BCUT2D eigenvalue weighted by molar-refractivity contribution is 5.71. The average molecular weight is 544 g/mol. The predicted octanol–water partition coefficient (Wildman–Crippen LogP) is 5.27. The summed E-state index contributed by atoms with van der Waals surface area (Å²) in [7, 11) is 0. The molecule has 204 valence electrons. The number of benzene rings is 2. The smallest absolute Gasteiger partial charge is 0.450 e. The Kier molecular flexibility index (Phi) is 7.35. The fraction of sp³-hybridized carbons (Fsp3) is 0.308. The van der Waals surface area contributed by atoms with Crippen molar-refractivity contribution < 1.29 is 42.0 Å².